The van der Waals surface area contributed by atoms with Gasteiger partial charge in [-0.1, -0.05) is 17.7 Å². The molecule has 0 heterocycles. The van der Waals surface area contributed by atoms with Crippen LogP contribution in [0, 0.1) is 5.82 Å². The Morgan fingerprint density at radius 3 is 2.29 bits per heavy atom. The molecule has 0 spiro atoms. The maximum absolute atomic E-state index is 13.6. The molecule has 0 fully saturated rings. The van der Waals surface area contributed by atoms with Crippen molar-refractivity contribution in [2.75, 3.05) is 5.32 Å². The predicted molar refractivity (Wildman–Crippen MR) is 77.1 cm³/mol. The molecule has 0 unspecified atom stereocenters. The van der Waals surface area contributed by atoms with E-state index in [9.17, 15) is 17.6 Å². The van der Waals surface area contributed by atoms with E-state index in [0.29, 0.717) is 16.3 Å². The van der Waals surface area contributed by atoms with Gasteiger partial charge in [-0.3, -0.25) is 0 Å². The van der Waals surface area contributed by atoms with Crippen molar-refractivity contribution in [3.63, 3.8) is 0 Å². The maximum atomic E-state index is 13.6. The lowest BCUT2D eigenvalue weighted by atomic mass is 10.2. The molecule has 0 bridgehead atoms. The Morgan fingerprint density at radius 2 is 1.71 bits per heavy atom. The molecule has 7 heteroatoms. The minimum Gasteiger partial charge on any atom is -0.381 e. The van der Waals surface area contributed by atoms with Crippen molar-refractivity contribution < 1.29 is 17.6 Å². The molecule has 1 N–H and O–H groups in total. The number of halogens is 5. The molecular formula is C14H10ClF4NS. The van der Waals surface area contributed by atoms with Crippen LogP contribution in [-0.2, 0) is 6.54 Å². The van der Waals surface area contributed by atoms with E-state index in [4.69, 9.17) is 11.6 Å². The van der Waals surface area contributed by atoms with Gasteiger partial charge in [0.2, 0.25) is 0 Å². The second-order valence-electron chi connectivity index (χ2n) is 4.16. The number of hydrogen-bond donors (Lipinski definition) is 1. The first-order chi connectivity index (χ1) is 9.83. The second-order valence-corrected chi connectivity index (χ2v) is 5.74. The quantitative estimate of drug-likeness (QED) is 0.568. The fourth-order valence-corrected chi connectivity index (χ4v) is 2.34. The van der Waals surface area contributed by atoms with Crippen LogP contribution < -0.4 is 5.32 Å². The van der Waals surface area contributed by atoms with Gasteiger partial charge in [0.1, 0.15) is 5.82 Å². The Hall–Kier alpha value is -1.40. The van der Waals surface area contributed by atoms with Gasteiger partial charge in [0.25, 0.3) is 0 Å². The SMILES string of the molecule is Fc1cc(Cl)ccc1CNc1ccc(SC(F)(F)F)cc1. The molecule has 0 aromatic heterocycles. The Morgan fingerprint density at radius 1 is 1.05 bits per heavy atom. The van der Waals surface area contributed by atoms with Gasteiger partial charge in [-0.25, -0.2) is 4.39 Å². The van der Waals surface area contributed by atoms with Gasteiger partial charge in [0, 0.05) is 27.7 Å². The van der Waals surface area contributed by atoms with Gasteiger partial charge < -0.3 is 5.32 Å². The second kappa shape index (κ2) is 6.58. The van der Waals surface area contributed by atoms with E-state index in [-0.39, 0.29) is 23.2 Å². The van der Waals surface area contributed by atoms with Crippen molar-refractivity contribution in [2.45, 2.75) is 16.9 Å². The van der Waals surface area contributed by atoms with Gasteiger partial charge in [-0.15, -0.1) is 0 Å². The van der Waals surface area contributed by atoms with Gasteiger partial charge in [0.15, 0.2) is 0 Å². The van der Waals surface area contributed by atoms with Crippen LogP contribution in [0.2, 0.25) is 5.02 Å². The number of benzene rings is 2. The molecule has 0 saturated heterocycles. The molecule has 112 valence electrons. The summed E-state index contributed by atoms with van der Waals surface area (Å²) in [6.45, 7) is 0.217. The van der Waals surface area contributed by atoms with Crippen molar-refractivity contribution in [1.29, 1.82) is 0 Å². The third-order valence-electron chi connectivity index (χ3n) is 2.59. The number of rotatable bonds is 4. The number of anilines is 1. The molecule has 21 heavy (non-hydrogen) atoms. The Bertz CT molecular complexity index is 613. The van der Waals surface area contributed by atoms with Crippen LogP contribution in [0.5, 0.6) is 0 Å². The van der Waals surface area contributed by atoms with Crippen molar-refractivity contribution in [2.24, 2.45) is 0 Å². The molecule has 0 aliphatic heterocycles. The molecule has 2 aromatic carbocycles. The minimum atomic E-state index is -4.30. The van der Waals surface area contributed by atoms with E-state index >= 15 is 0 Å². The maximum Gasteiger partial charge on any atom is 0.446 e. The van der Waals surface area contributed by atoms with Crippen LogP contribution >= 0.6 is 23.4 Å². The number of thioether (sulfide) groups is 1. The monoisotopic (exact) mass is 335 g/mol. The van der Waals surface area contributed by atoms with E-state index in [0.717, 1.165) is 0 Å². The van der Waals surface area contributed by atoms with Crippen LogP contribution in [0.25, 0.3) is 0 Å². The number of alkyl halides is 3. The summed E-state index contributed by atoms with van der Waals surface area (Å²) >= 11 is 5.48. The molecule has 0 aliphatic carbocycles. The van der Waals surface area contributed by atoms with E-state index in [2.05, 4.69) is 5.32 Å². The molecular weight excluding hydrogens is 326 g/mol. The van der Waals surface area contributed by atoms with Crippen LogP contribution in [0.1, 0.15) is 5.56 Å². The van der Waals surface area contributed by atoms with Crippen LogP contribution in [-0.4, -0.2) is 5.51 Å². The van der Waals surface area contributed by atoms with Crippen molar-refractivity contribution in [3.05, 3.63) is 58.9 Å². The first-order valence-electron chi connectivity index (χ1n) is 5.87. The highest BCUT2D eigenvalue weighted by molar-refractivity contribution is 8.00. The average molecular weight is 336 g/mol. The highest BCUT2D eigenvalue weighted by Crippen LogP contribution is 2.37. The highest BCUT2D eigenvalue weighted by Gasteiger charge is 2.28. The van der Waals surface area contributed by atoms with E-state index in [1.165, 1.54) is 30.3 Å². The summed E-state index contributed by atoms with van der Waals surface area (Å²) in [6, 6.07) is 10.1. The van der Waals surface area contributed by atoms with Crippen molar-refractivity contribution in [3.8, 4) is 0 Å². The molecule has 0 radical (unpaired) electrons. The normalized spacial score (nSPS) is 11.5. The van der Waals surface area contributed by atoms with Crippen LogP contribution in [0.4, 0.5) is 23.2 Å². The topological polar surface area (TPSA) is 12.0 Å². The lowest BCUT2D eigenvalue weighted by molar-refractivity contribution is -0.0328. The lowest BCUT2D eigenvalue weighted by Gasteiger charge is -2.09. The fraction of sp³-hybridized carbons (Fsp3) is 0.143. The summed E-state index contributed by atoms with van der Waals surface area (Å²) in [4.78, 5) is 0.103. The Kier molecular flexibility index (Phi) is 5.00. The molecule has 0 atom stereocenters. The Balaban J connectivity index is 1.97. The zero-order valence-corrected chi connectivity index (χ0v) is 12.1. The number of hydrogen-bond acceptors (Lipinski definition) is 2. The van der Waals surface area contributed by atoms with Gasteiger partial charge >= 0.3 is 5.51 Å². The summed E-state index contributed by atoms with van der Waals surface area (Å²) in [7, 11) is 0. The number of nitrogens with one attached hydrogen (secondary N) is 1. The van der Waals surface area contributed by atoms with Crippen molar-refractivity contribution >= 4 is 29.1 Å². The van der Waals surface area contributed by atoms with Crippen LogP contribution in [0.15, 0.2) is 47.4 Å². The van der Waals surface area contributed by atoms with Gasteiger partial charge in [0.05, 0.1) is 0 Å². The summed E-state index contributed by atoms with van der Waals surface area (Å²) in [5.74, 6) is -0.431. The molecule has 0 aliphatic rings. The largest absolute Gasteiger partial charge is 0.446 e. The first-order valence-corrected chi connectivity index (χ1v) is 7.06. The summed E-state index contributed by atoms with van der Waals surface area (Å²) in [6.07, 6.45) is 0. The molecule has 2 aromatic rings. The molecule has 0 amide bonds. The first kappa shape index (κ1) is 16.0. The van der Waals surface area contributed by atoms with E-state index in [1.54, 1.807) is 12.1 Å². The Labute approximate surface area is 128 Å². The fourth-order valence-electron chi connectivity index (χ4n) is 1.64. The minimum absolute atomic E-state index is 0.103. The standard InChI is InChI=1S/C14H10ClF4NS/c15-10-2-1-9(13(16)7-10)8-20-11-3-5-12(6-4-11)21-14(17,18)19/h1-7,20H,8H2. The summed E-state index contributed by atoms with van der Waals surface area (Å²) in [5.41, 5.74) is -3.27. The predicted octanol–water partition coefficient (Wildman–Crippen LogP) is 5.70. The third-order valence-corrected chi connectivity index (χ3v) is 3.56. The highest BCUT2D eigenvalue weighted by atomic mass is 35.5. The zero-order valence-electron chi connectivity index (χ0n) is 10.5. The average Bonchev–Trinajstić information content (AvgIpc) is 2.38. The summed E-state index contributed by atoms with van der Waals surface area (Å²) in [5, 5.41) is 3.25. The van der Waals surface area contributed by atoms with Crippen LogP contribution in [0.3, 0.4) is 0 Å². The van der Waals surface area contributed by atoms with Gasteiger partial charge in [-0.05, 0) is 48.2 Å². The lowest BCUT2D eigenvalue weighted by Crippen LogP contribution is -2.02. The van der Waals surface area contributed by atoms with Gasteiger partial charge in [-0.2, -0.15) is 13.2 Å². The molecule has 0 saturated carbocycles. The summed E-state index contributed by atoms with van der Waals surface area (Å²) < 4.78 is 50.1. The zero-order chi connectivity index (χ0) is 15.5. The van der Waals surface area contributed by atoms with E-state index < -0.39 is 11.3 Å². The third kappa shape index (κ3) is 5.13. The van der Waals surface area contributed by atoms with Crippen molar-refractivity contribution in [1.82, 2.24) is 0 Å². The smallest absolute Gasteiger partial charge is 0.381 e. The van der Waals surface area contributed by atoms with E-state index in [1.807, 2.05) is 0 Å². The molecule has 1 nitrogen and oxygen atoms in total. The molecule has 2 rings (SSSR count).